The average molecular weight is 345 g/mol. The molecule has 20 heavy (non-hydrogen) atoms. The van der Waals surface area contributed by atoms with E-state index in [1.54, 1.807) is 0 Å². The van der Waals surface area contributed by atoms with Gasteiger partial charge in [-0.05, 0) is 30.3 Å². The van der Waals surface area contributed by atoms with E-state index < -0.39 is 34.6 Å². The molecule has 2 aromatic carbocycles. The van der Waals surface area contributed by atoms with E-state index in [2.05, 4.69) is 21.2 Å². The Hall–Kier alpha value is -2.02. The predicted molar refractivity (Wildman–Crippen MR) is 72.8 cm³/mol. The van der Waals surface area contributed by atoms with Crippen LogP contribution in [0.15, 0.2) is 34.8 Å². The lowest BCUT2D eigenvalue weighted by Crippen LogP contribution is -2.16. The van der Waals surface area contributed by atoms with Crippen LogP contribution in [0.25, 0.3) is 0 Å². The van der Waals surface area contributed by atoms with Gasteiger partial charge in [0.1, 0.15) is 11.6 Å². The summed E-state index contributed by atoms with van der Waals surface area (Å²) in [5, 5.41) is 2.15. The summed E-state index contributed by atoms with van der Waals surface area (Å²) in [5.41, 5.74) is 3.99. The van der Waals surface area contributed by atoms with E-state index in [4.69, 9.17) is 5.73 Å². The van der Waals surface area contributed by atoms with E-state index in [9.17, 15) is 18.0 Å². The highest BCUT2D eigenvalue weighted by Gasteiger charge is 2.17. The Kier molecular flexibility index (Phi) is 3.99. The molecule has 0 fully saturated rings. The minimum Gasteiger partial charge on any atom is -0.396 e. The number of hydrogen-bond donors (Lipinski definition) is 2. The zero-order chi connectivity index (χ0) is 14.9. The lowest BCUT2D eigenvalue weighted by molar-refractivity contribution is 0.102. The highest BCUT2D eigenvalue weighted by Crippen LogP contribution is 2.22. The van der Waals surface area contributed by atoms with E-state index >= 15 is 0 Å². The predicted octanol–water partition coefficient (Wildman–Crippen LogP) is 3.70. The second kappa shape index (κ2) is 5.54. The van der Waals surface area contributed by atoms with Crippen molar-refractivity contribution in [2.24, 2.45) is 0 Å². The number of carbonyl (C=O) groups is 1. The zero-order valence-corrected chi connectivity index (χ0v) is 11.5. The molecular formula is C13H8BrF3N2O. The van der Waals surface area contributed by atoms with Gasteiger partial charge < -0.3 is 11.1 Å². The highest BCUT2D eigenvalue weighted by molar-refractivity contribution is 9.10. The van der Waals surface area contributed by atoms with Gasteiger partial charge in [-0.25, -0.2) is 13.2 Å². The standard InChI is InChI=1S/C13H8BrF3N2O/c14-6-1-2-11(9(16)3-6)19-13(20)8-4-7(15)5-10(18)12(8)17/h1-5H,18H2,(H,19,20). The number of amides is 1. The van der Waals surface area contributed by atoms with Gasteiger partial charge in [-0.1, -0.05) is 15.9 Å². The molecule has 3 N–H and O–H groups in total. The fraction of sp³-hybridized carbons (Fsp3) is 0. The third-order valence-electron chi connectivity index (χ3n) is 2.49. The van der Waals surface area contributed by atoms with Crippen LogP contribution in [0.4, 0.5) is 24.5 Å². The highest BCUT2D eigenvalue weighted by atomic mass is 79.9. The number of benzene rings is 2. The first-order chi connectivity index (χ1) is 9.38. The molecule has 0 aliphatic carbocycles. The van der Waals surface area contributed by atoms with Gasteiger partial charge in [0.2, 0.25) is 0 Å². The fourth-order valence-electron chi connectivity index (χ4n) is 1.56. The average Bonchev–Trinajstić information content (AvgIpc) is 2.37. The Balaban J connectivity index is 2.33. The maximum absolute atomic E-state index is 13.6. The van der Waals surface area contributed by atoms with Crippen LogP contribution in [0.2, 0.25) is 0 Å². The lowest BCUT2D eigenvalue weighted by Gasteiger charge is -2.09. The van der Waals surface area contributed by atoms with Crippen molar-refractivity contribution < 1.29 is 18.0 Å². The SMILES string of the molecule is Nc1cc(F)cc(C(=O)Nc2ccc(Br)cc2F)c1F. The topological polar surface area (TPSA) is 55.1 Å². The van der Waals surface area contributed by atoms with Crippen molar-refractivity contribution >= 4 is 33.2 Å². The quantitative estimate of drug-likeness (QED) is 0.816. The number of nitrogens with one attached hydrogen (secondary N) is 1. The van der Waals surface area contributed by atoms with E-state index in [-0.39, 0.29) is 5.69 Å². The van der Waals surface area contributed by atoms with Gasteiger partial charge in [0.15, 0.2) is 5.82 Å². The number of rotatable bonds is 2. The zero-order valence-electron chi connectivity index (χ0n) is 9.88. The Morgan fingerprint density at radius 1 is 1.15 bits per heavy atom. The number of nitrogen functional groups attached to an aromatic ring is 1. The maximum atomic E-state index is 13.6. The van der Waals surface area contributed by atoms with Crippen LogP contribution < -0.4 is 11.1 Å². The molecule has 0 unspecified atom stereocenters. The molecule has 0 heterocycles. The van der Waals surface area contributed by atoms with Gasteiger partial charge in [-0.2, -0.15) is 0 Å². The van der Waals surface area contributed by atoms with Crippen molar-refractivity contribution in [3.8, 4) is 0 Å². The van der Waals surface area contributed by atoms with Gasteiger partial charge in [0.05, 0.1) is 16.9 Å². The van der Waals surface area contributed by atoms with E-state index in [0.29, 0.717) is 10.5 Å². The first kappa shape index (κ1) is 14.4. The third kappa shape index (κ3) is 2.93. The summed E-state index contributed by atoms with van der Waals surface area (Å²) in [4.78, 5) is 11.8. The first-order valence-electron chi connectivity index (χ1n) is 5.39. The van der Waals surface area contributed by atoms with Crippen LogP contribution in [0.3, 0.4) is 0 Å². The van der Waals surface area contributed by atoms with Gasteiger partial charge in [0, 0.05) is 4.47 Å². The summed E-state index contributed by atoms with van der Waals surface area (Å²) in [7, 11) is 0. The van der Waals surface area contributed by atoms with Gasteiger partial charge in [-0.3, -0.25) is 4.79 Å². The number of hydrogen-bond acceptors (Lipinski definition) is 2. The third-order valence-corrected chi connectivity index (χ3v) is 2.98. The van der Waals surface area contributed by atoms with E-state index in [1.165, 1.54) is 12.1 Å². The van der Waals surface area contributed by atoms with Gasteiger partial charge in [-0.15, -0.1) is 0 Å². The van der Waals surface area contributed by atoms with Crippen molar-refractivity contribution in [3.63, 3.8) is 0 Å². The summed E-state index contributed by atoms with van der Waals surface area (Å²) in [6, 6.07) is 5.36. The number of halogens is 4. The number of nitrogens with two attached hydrogens (primary N) is 1. The smallest absolute Gasteiger partial charge is 0.258 e. The molecule has 0 aliphatic rings. The van der Waals surface area contributed by atoms with Crippen LogP contribution >= 0.6 is 15.9 Å². The van der Waals surface area contributed by atoms with Crippen LogP contribution in [-0.4, -0.2) is 5.91 Å². The lowest BCUT2D eigenvalue weighted by atomic mass is 10.1. The molecule has 1 amide bonds. The first-order valence-corrected chi connectivity index (χ1v) is 6.18. The van der Waals surface area contributed by atoms with Crippen LogP contribution in [0, 0.1) is 17.5 Å². The van der Waals surface area contributed by atoms with Crippen LogP contribution in [0.5, 0.6) is 0 Å². The molecule has 0 saturated heterocycles. The molecule has 2 rings (SSSR count). The molecule has 0 radical (unpaired) electrons. The Morgan fingerprint density at radius 2 is 1.85 bits per heavy atom. The summed E-state index contributed by atoms with van der Waals surface area (Å²) in [6.45, 7) is 0. The Morgan fingerprint density at radius 3 is 2.50 bits per heavy atom. The Labute approximate surface area is 120 Å². The Bertz CT molecular complexity index is 692. The maximum Gasteiger partial charge on any atom is 0.258 e. The van der Waals surface area contributed by atoms with Crippen molar-refractivity contribution in [1.29, 1.82) is 0 Å². The van der Waals surface area contributed by atoms with Crippen LogP contribution in [-0.2, 0) is 0 Å². The van der Waals surface area contributed by atoms with Crippen LogP contribution in [0.1, 0.15) is 10.4 Å². The normalized spacial score (nSPS) is 10.4. The molecule has 0 bridgehead atoms. The molecule has 0 spiro atoms. The molecule has 2 aromatic rings. The minimum atomic E-state index is -1.05. The van der Waals surface area contributed by atoms with Gasteiger partial charge >= 0.3 is 0 Å². The second-order valence-electron chi connectivity index (χ2n) is 3.93. The fourth-order valence-corrected chi connectivity index (χ4v) is 1.89. The van der Waals surface area contributed by atoms with Crippen molar-refractivity contribution in [3.05, 3.63) is 57.8 Å². The molecule has 104 valence electrons. The molecule has 0 atom stereocenters. The molecule has 0 aromatic heterocycles. The summed E-state index contributed by atoms with van der Waals surface area (Å²) in [6.07, 6.45) is 0. The van der Waals surface area contributed by atoms with Gasteiger partial charge in [0.25, 0.3) is 5.91 Å². The second-order valence-corrected chi connectivity index (χ2v) is 4.85. The number of anilines is 2. The summed E-state index contributed by atoms with van der Waals surface area (Å²) < 4.78 is 40.8. The minimum absolute atomic E-state index is 0.152. The number of carbonyl (C=O) groups excluding carboxylic acids is 1. The molecule has 7 heteroatoms. The summed E-state index contributed by atoms with van der Waals surface area (Å²) >= 11 is 3.06. The largest absolute Gasteiger partial charge is 0.396 e. The monoisotopic (exact) mass is 344 g/mol. The molecule has 3 nitrogen and oxygen atoms in total. The molecule has 0 saturated carbocycles. The van der Waals surface area contributed by atoms with Crippen molar-refractivity contribution in [1.82, 2.24) is 0 Å². The van der Waals surface area contributed by atoms with E-state index in [0.717, 1.165) is 12.1 Å². The van der Waals surface area contributed by atoms with Crippen molar-refractivity contribution in [2.75, 3.05) is 11.1 Å². The van der Waals surface area contributed by atoms with Crippen molar-refractivity contribution in [2.45, 2.75) is 0 Å². The summed E-state index contributed by atoms with van der Waals surface area (Å²) in [5.74, 6) is -3.61. The molecular weight excluding hydrogens is 337 g/mol. The van der Waals surface area contributed by atoms with E-state index in [1.807, 2.05) is 0 Å². The molecule has 0 aliphatic heterocycles.